The predicted octanol–water partition coefficient (Wildman–Crippen LogP) is 0.579. The second-order valence-corrected chi connectivity index (χ2v) is 7.14. The lowest BCUT2D eigenvalue weighted by molar-refractivity contribution is -0.384. The van der Waals surface area contributed by atoms with Gasteiger partial charge in [0.15, 0.2) is 0 Å². The number of nitrogens with one attached hydrogen (secondary N) is 1. The largest absolute Gasteiger partial charge is 0.369 e. The van der Waals surface area contributed by atoms with Gasteiger partial charge in [-0.25, -0.2) is 0 Å². The number of nitro benzene ring substituents is 1. The molecule has 0 aliphatic carbocycles. The zero-order valence-electron chi connectivity index (χ0n) is 13.5. The van der Waals surface area contributed by atoms with Gasteiger partial charge in [-0.1, -0.05) is 6.92 Å². The minimum Gasteiger partial charge on any atom is -0.369 e. The third kappa shape index (κ3) is 3.95. The molecule has 0 radical (unpaired) electrons. The minimum atomic E-state index is -4.66. The molecule has 0 spiro atoms. The van der Waals surface area contributed by atoms with Crippen molar-refractivity contribution in [3.63, 3.8) is 0 Å². The molecule has 0 aliphatic rings. The molecule has 0 saturated heterocycles. The Morgan fingerprint density at radius 3 is 2.52 bits per heavy atom. The van der Waals surface area contributed by atoms with Gasteiger partial charge in [0.25, 0.3) is 5.69 Å². The fourth-order valence-corrected chi connectivity index (χ4v) is 3.18. The Morgan fingerprint density at radius 1 is 1.36 bits per heavy atom. The van der Waals surface area contributed by atoms with Gasteiger partial charge in [-0.05, 0) is 12.5 Å². The molecule has 0 atom stereocenters. The average molecular weight is 372 g/mol. The molecule has 0 fully saturated rings. The maximum Gasteiger partial charge on any atom is 0.345 e. The van der Waals surface area contributed by atoms with Gasteiger partial charge in [0.1, 0.15) is 12.0 Å². The number of anilines is 1. The number of rotatable bonds is 6. The molecule has 1 aromatic heterocycles. The number of aromatic amines is 1. The van der Waals surface area contributed by atoms with Crippen molar-refractivity contribution in [3.8, 4) is 0 Å². The summed E-state index contributed by atoms with van der Waals surface area (Å²) in [5, 5.41) is 11.3. The Bertz CT molecular complexity index is 990. The highest BCUT2D eigenvalue weighted by molar-refractivity contribution is 7.50. The van der Waals surface area contributed by atoms with E-state index < -0.39 is 29.9 Å². The number of nitrogens with zero attached hydrogens (tertiary/aromatic N) is 3. The van der Waals surface area contributed by atoms with Crippen LogP contribution < -0.4 is 16.0 Å². The molecular weight excluding hydrogens is 355 g/mol. The average Bonchev–Trinajstić information content (AvgIpc) is 2.49. The Morgan fingerprint density at radius 2 is 2.00 bits per heavy atom. The molecule has 25 heavy (non-hydrogen) atoms. The van der Waals surface area contributed by atoms with Crippen molar-refractivity contribution in [2.75, 3.05) is 18.5 Å². The molecule has 1 heterocycles. The molecule has 136 valence electrons. The van der Waals surface area contributed by atoms with Gasteiger partial charge in [-0.15, -0.1) is 0 Å². The van der Waals surface area contributed by atoms with Crippen LogP contribution in [0, 0.1) is 10.1 Å². The van der Waals surface area contributed by atoms with E-state index in [-0.39, 0.29) is 22.4 Å². The number of hydrogen-bond acceptors (Lipinski definition) is 6. The van der Waals surface area contributed by atoms with E-state index in [1.165, 1.54) is 6.07 Å². The molecular formula is C13H17N4O7P. The van der Waals surface area contributed by atoms with E-state index in [0.29, 0.717) is 17.5 Å². The van der Waals surface area contributed by atoms with E-state index in [0.717, 1.165) is 6.07 Å². The number of benzene rings is 1. The van der Waals surface area contributed by atoms with Crippen LogP contribution in [-0.2, 0) is 10.9 Å². The van der Waals surface area contributed by atoms with Crippen molar-refractivity contribution in [3.05, 3.63) is 43.0 Å². The summed E-state index contributed by atoms with van der Waals surface area (Å²) in [6, 6.07) is 2.35. The number of H-pyrrole nitrogens is 1. The topological polar surface area (TPSA) is 159 Å². The van der Waals surface area contributed by atoms with Crippen LogP contribution in [0.15, 0.2) is 21.7 Å². The summed E-state index contributed by atoms with van der Waals surface area (Å²) < 4.78 is 11.9. The van der Waals surface area contributed by atoms with Crippen molar-refractivity contribution in [2.45, 2.75) is 19.6 Å². The maximum atomic E-state index is 12.0. The van der Waals surface area contributed by atoms with Crippen molar-refractivity contribution in [2.24, 2.45) is 0 Å². The van der Waals surface area contributed by atoms with E-state index in [1.807, 2.05) is 6.92 Å². The molecule has 0 saturated carbocycles. The number of fused-ring (bicyclic) bond motifs is 1. The highest BCUT2D eigenvalue weighted by Crippen LogP contribution is 2.38. The van der Waals surface area contributed by atoms with Gasteiger partial charge in [0, 0.05) is 19.7 Å². The third-order valence-electron chi connectivity index (χ3n) is 3.56. The fraction of sp³-hybridized carbons (Fsp3) is 0.385. The van der Waals surface area contributed by atoms with E-state index in [4.69, 9.17) is 0 Å². The number of hydrogen-bond donors (Lipinski definition) is 3. The van der Waals surface area contributed by atoms with E-state index in [2.05, 4.69) is 4.98 Å². The van der Waals surface area contributed by atoms with Crippen LogP contribution in [0.5, 0.6) is 0 Å². The summed E-state index contributed by atoms with van der Waals surface area (Å²) in [6.07, 6.45) is -0.298. The first-order valence-electron chi connectivity index (χ1n) is 7.26. The highest BCUT2D eigenvalue weighted by Gasteiger charge is 2.23. The Hall–Kier alpha value is -2.49. The smallest absolute Gasteiger partial charge is 0.345 e. The lowest BCUT2D eigenvalue weighted by Gasteiger charge is -2.19. The van der Waals surface area contributed by atoms with E-state index in [1.54, 1.807) is 11.9 Å². The SMILES string of the molecule is CCCN(C)c1cc2c(cc1[N+](=O)[O-])[nH]c(=O)c(=O)n2CP(=O)(O)O. The molecule has 0 aliphatic heterocycles. The van der Waals surface area contributed by atoms with Crippen molar-refractivity contribution in [1.82, 2.24) is 9.55 Å². The molecule has 3 N–H and O–H groups in total. The molecule has 11 nitrogen and oxygen atoms in total. The lowest BCUT2D eigenvalue weighted by Crippen LogP contribution is -2.36. The lowest BCUT2D eigenvalue weighted by atomic mass is 10.2. The number of nitro groups is 1. The van der Waals surface area contributed by atoms with Gasteiger partial charge >= 0.3 is 18.7 Å². The zero-order chi connectivity index (χ0) is 18.9. The van der Waals surface area contributed by atoms with Crippen LogP contribution in [0.1, 0.15) is 13.3 Å². The minimum absolute atomic E-state index is 0.00326. The van der Waals surface area contributed by atoms with Crippen LogP contribution in [0.2, 0.25) is 0 Å². The van der Waals surface area contributed by atoms with Gasteiger partial charge in [-0.3, -0.25) is 28.8 Å². The van der Waals surface area contributed by atoms with Gasteiger partial charge in [0.05, 0.1) is 16.0 Å². The molecule has 1 aromatic carbocycles. The summed E-state index contributed by atoms with van der Waals surface area (Å²) in [5.74, 6) is 0. The van der Waals surface area contributed by atoms with Crippen molar-refractivity contribution < 1.29 is 19.3 Å². The summed E-state index contributed by atoms with van der Waals surface area (Å²) in [5.41, 5.74) is -2.45. The molecule has 2 rings (SSSR count). The third-order valence-corrected chi connectivity index (χ3v) is 4.22. The quantitative estimate of drug-likeness (QED) is 0.287. The van der Waals surface area contributed by atoms with Crippen LogP contribution in [0.25, 0.3) is 11.0 Å². The molecule has 12 heteroatoms. The van der Waals surface area contributed by atoms with Gasteiger partial charge < -0.3 is 19.7 Å². The first-order valence-corrected chi connectivity index (χ1v) is 9.06. The molecule has 0 bridgehead atoms. The van der Waals surface area contributed by atoms with E-state index >= 15 is 0 Å². The second-order valence-electron chi connectivity index (χ2n) is 5.53. The summed E-state index contributed by atoms with van der Waals surface area (Å²) in [6.45, 7) is 2.36. The molecule has 0 amide bonds. The van der Waals surface area contributed by atoms with Crippen LogP contribution >= 0.6 is 7.60 Å². The highest BCUT2D eigenvalue weighted by atomic mass is 31.2. The predicted molar refractivity (Wildman–Crippen MR) is 91.1 cm³/mol. The summed E-state index contributed by atoms with van der Waals surface area (Å²) in [4.78, 5) is 56.6. The maximum absolute atomic E-state index is 12.0. The fourth-order valence-electron chi connectivity index (χ4n) is 2.53. The second kappa shape index (κ2) is 6.79. The Labute approximate surface area is 140 Å². The standard InChI is InChI=1S/C13H17N4O7P/c1-3-4-15(2)10-6-9-8(5-11(10)17(20)21)14-12(18)13(19)16(9)7-25(22,23)24/h5-6H,3-4,7H2,1-2H3,(H,14,18)(H2,22,23,24). The van der Waals surface area contributed by atoms with Crippen LogP contribution in [0.4, 0.5) is 11.4 Å². The first-order chi connectivity index (χ1) is 11.5. The number of aromatic nitrogens is 2. The molecule has 0 unspecified atom stereocenters. The Balaban J connectivity index is 2.89. The van der Waals surface area contributed by atoms with Crippen LogP contribution in [0.3, 0.4) is 0 Å². The van der Waals surface area contributed by atoms with Crippen molar-refractivity contribution >= 4 is 30.0 Å². The summed E-state index contributed by atoms with van der Waals surface area (Å²) >= 11 is 0. The summed E-state index contributed by atoms with van der Waals surface area (Å²) in [7, 11) is -3.04. The monoisotopic (exact) mass is 372 g/mol. The normalized spacial score (nSPS) is 11.7. The van der Waals surface area contributed by atoms with Crippen molar-refractivity contribution in [1.29, 1.82) is 0 Å². The van der Waals surface area contributed by atoms with Gasteiger partial charge in [0.2, 0.25) is 0 Å². The molecule has 2 aromatic rings. The van der Waals surface area contributed by atoms with Crippen LogP contribution in [-0.4, -0.2) is 37.9 Å². The van der Waals surface area contributed by atoms with E-state index in [9.17, 15) is 34.1 Å². The zero-order valence-corrected chi connectivity index (χ0v) is 14.4. The van der Waals surface area contributed by atoms with Gasteiger partial charge in [-0.2, -0.15) is 0 Å². The first kappa shape index (κ1) is 18.8. The Kier molecular flexibility index (Phi) is 5.12.